The van der Waals surface area contributed by atoms with Crippen LogP contribution in [0.3, 0.4) is 0 Å². The lowest BCUT2D eigenvalue weighted by Gasteiger charge is -2.08. The molecule has 6 heteroatoms. The fourth-order valence-corrected chi connectivity index (χ4v) is 2.55. The van der Waals surface area contributed by atoms with Crippen LogP contribution in [-0.4, -0.2) is 32.9 Å². The highest BCUT2D eigenvalue weighted by Gasteiger charge is 2.13. The molecule has 0 aliphatic carbocycles. The lowest BCUT2D eigenvalue weighted by molar-refractivity contribution is -0.120. The summed E-state index contributed by atoms with van der Waals surface area (Å²) in [6.07, 6.45) is 1.21. The third kappa shape index (κ3) is 4.79. The van der Waals surface area contributed by atoms with Crippen molar-refractivity contribution in [1.29, 1.82) is 0 Å². The number of anilines is 1. The highest BCUT2D eigenvalue weighted by molar-refractivity contribution is 5.76. The number of benzene rings is 2. The zero-order valence-electron chi connectivity index (χ0n) is 14.2. The Morgan fingerprint density at radius 3 is 2.68 bits per heavy atom. The summed E-state index contributed by atoms with van der Waals surface area (Å²) in [6.45, 7) is 1.44. The molecule has 1 heterocycles. The van der Waals surface area contributed by atoms with Gasteiger partial charge in [0.1, 0.15) is 5.75 Å². The summed E-state index contributed by atoms with van der Waals surface area (Å²) in [5, 5.41) is 6.15. The van der Waals surface area contributed by atoms with E-state index in [0.717, 1.165) is 29.4 Å². The van der Waals surface area contributed by atoms with Crippen LogP contribution in [0.2, 0.25) is 0 Å². The lowest BCUT2D eigenvalue weighted by atomic mass is 10.1. The monoisotopic (exact) mass is 342 g/mol. The fourth-order valence-electron chi connectivity index (χ4n) is 2.55. The molecule has 0 bridgehead atoms. The van der Waals surface area contributed by atoms with Gasteiger partial charge in [-0.1, -0.05) is 12.1 Å². The molecule has 1 aliphatic rings. The summed E-state index contributed by atoms with van der Waals surface area (Å²) in [5.41, 5.74) is 2.08. The van der Waals surface area contributed by atoms with E-state index in [1.165, 1.54) is 5.56 Å². The van der Waals surface area contributed by atoms with E-state index in [1.54, 1.807) is 7.11 Å². The highest BCUT2D eigenvalue weighted by Crippen LogP contribution is 2.34. The molecule has 6 nitrogen and oxygen atoms in total. The summed E-state index contributed by atoms with van der Waals surface area (Å²) in [5.74, 6) is 2.35. The van der Waals surface area contributed by atoms with Crippen LogP contribution in [0.4, 0.5) is 5.69 Å². The Labute approximate surface area is 147 Å². The van der Waals surface area contributed by atoms with Crippen molar-refractivity contribution in [2.45, 2.75) is 12.8 Å². The Bertz CT molecular complexity index is 716. The van der Waals surface area contributed by atoms with Gasteiger partial charge in [-0.25, -0.2) is 0 Å². The molecule has 1 amide bonds. The van der Waals surface area contributed by atoms with E-state index in [2.05, 4.69) is 10.6 Å². The van der Waals surface area contributed by atoms with Crippen molar-refractivity contribution in [3.8, 4) is 17.2 Å². The average Bonchev–Trinajstić information content (AvgIpc) is 3.10. The first-order valence-electron chi connectivity index (χ1n) is 8.28. The SMILES string of the molecule is COc1ccc(CCNC(=O)CCNc2ccc3c(c2)OCO3)cc1. The molecule has 0 atom stereocenters. The molecule has 0 spiro atoms. The summed E-state index contributed by atoms with van der Waals surface area (Å²) in [7, 11) is 1.65. The molecular weight excluding hydrogens is 320 g/mol. The third-order valence-electron chi connectivity index (χ3n) is 3.95. The van der Waals surface area contributed by atoms with Gasteiger partial charge >= 0.3 is 0 Å². The molecule has 2 aromatic rings. The van der Waals surface area contributed by atoms with Crippen molar-refractivity contribution < 1.29 is 19.0 Å². The molecule has 0 saturated heterocycles. The molecule has 132 valence electrons. The molecule has 1 aliphatic heterocycles. The number of hydrogen-bond acceptors (Lipinski definition) is 5. The van der Waals surface area contributed by atoms with E-state index in [4.69, 9.17) is 14.2 Å². The van der Waals surface area contributed by atoms with Gasteiger partial charge in [0.2, 0.25) is 12.7 Å². The fraction of sp³-hybridized carbons (Fsp3) is 0.316. The molecule has 0 radical (unpaired) electrons. The van der Waals surface area contributed by atoms with E-state index in [0.29, 0.717) is 19.5 Å². The second-order valence-electron chi connectivity index (χ2n) is 5.69. The summed E-state index contributed by atoms with van der Waals surface area (Å²) < 4.78 is 15.7. The minimum atomic E-state index is 0.0294. The summed E-state index contributed by atoms with van der Waals surface area (Å²) in [6, 6.07) is 13.5. The number of rotatable bonds is 8. The topological polar surface area (TPSA) is 68.8 Å². The summed E-state index contributed by atoms with van der Waals surface area (Å²) in [4.78, 5) is 11.9. The Morgan fingerprint density at radius 1 is 1.08 bits per heavy atom. The van der Waals surface area contributed by atoms with Gasteiger partial charge in [-0.15, -0.1) is 0 Å². The van der Waals surface area contributed by atoms with Gasteiger partial charge in [0.25, 0.3) is 0 Å². The second kappa shape index (κ2) is 8.28. The van der Waals surface area contributed by atoms with Crippen molar-refractivity contribution in [2.24, 2.45) is 0 Å². The molecule has 0 unspecified atom stereocenters. The van der Waals surface area contributed by atoms with Gasteiger partial charge < -0.3 is 24.8 Å². The lowest BCUT2D eigenvalue weighted by Crippen LogP contribution is -2.27. The predicted molar refractivity (Wildman–Crippen MR) is 95.4 cm³/mol. The third-order valence-corrected chi connectivity index (χ3v) is 3.95. The first-order valence-corrected chi connectivity index (χ1v) is 8.28. The smallest absolute Gasteiger partial charge is 0.231 e. The van der Waals surface area contributed by atoms with Gasteiger partial charge in [-0.3, -0.25) is 4.79 Å². The molecule has 25 heavy (non-hydrogen) atoms. The Morgan fingerprint density at radius 2 is 1.88 bits per heavy atom. The van der Waals surface area contributed by atoms with E-state index < -0.39 is 0 Å². The van der Waals surface area contributed by atoms with E-state index in [-0.39, 0.29) is 12.7 Å². The standard InChI is InChI=1S/C19H22N2O4/c1-23-16-5-2-14(3-6-16)8-10-21-19(22)9-11-20-15-4-7-17-18(12-15)25-13-24-17/h2-7,12,20H,8-11,13H2,1H3,(H,21,22). The molecule has 3 rings (SSSR count). The van der Waals surface area contributed by atoms with Crippen molar-refractivity contribution in [2.75, 3.05) is 32.3 Å². The molecule has 0 saturated carbocycles. The maximum absolute atomic E-state index is 11.9. The molecule has 2 aromatic carbocycles. The largest absolute Gasteiger partial charge is 0.497 e. The molecule has 2 N–H and O–H groups in total. The number of carbonyl (C=O) groups excluding carboxylic acids is 1. The molecule has 0 aromatic heterocycles. The first kappa shape index (κ1) is 17.0. The second-order valence-corrected chi connectivity index (χ2v) is 5.69. The minimum Gasteiger partial charge on any atom is -0.497 e. The zero-order chi connectivity index (χ0) is 17.5. The summed E-state index contributed by atoms with van der Waals surface area (Å²) >= 11 is 0. The van der Waals surface area contributed by atoms with Crippen molar-refractivity contribution in [3.63, 3.8) is 0 Å². The van der Waals surface area contributed by atoms with E-state index >= 15 is 0 Å². The number of carbonyl (C=O) groups is 1. The van der Waals surface area contributed by atoms with Crippen LogP contribution in [0.1, 0.15) is 12.0 Å². The van der Waals surface area contributed by atoms with Crippen LogP contribution in [0.15, 0.2) is 42.5 Å². The van der Waals surface area contributed by atoms with Crippen molar-refractivity contribution in [1.82, 2.24) is 5.32 Å². The quantitative estimate of drug-likeness (QED) is 0.772. The maximum Gasteiger partial charge on any atom is 0.231 e. The van der Waals surface area contributed by atoms with E-state index in [1.807, 2.05) is 42.5 Å². The number of hydrogen-bond donors (Lipinski definition) is 2. The van der Waals surface area contributed by atoms with Crippen LogP contribution in [0.25, 0.3) is 0 Å². The van der Waals surface area contributed by atoms with Gasteiger partial charge in [0, 0.05) is 31.3 Å². The average molecular weight is 342 g/mol. The van der Waals surface area contributed by atoms with Gasteiger partial charge in [-0.05, 0) is 36.2 Å². The Kier molecular flexibility index (Phi) is 5.61. The number of methoxy groups -OCH3 is 1. The van der Waals surface area contributed by atoms with Crippen molar-refractivity contribution >= 4 is 11.6 Å². The van der Waals surface area contributed by atoms with Crippen LogP contribution in [-0.2, 0) is 11.2 Å². The number of amides is 1. The van der Waals surface area contributed by atoms with Gasteiger partial charge in [0.05, 0.1) is 7.11 Å². The van der Waals surface area contributed by atoms with E-state index in [9.17, 15) is 4.79 Å². The number of fused-ring (bicyclic) bond motifs is 1. The highest BCUT2D eigenvalue weighted by atomic mass is 16.7. The minimum absolute atomic E-state index is 0.0294. The van der Waals surface area contributed by atoms with Crippen molar-refractivity contribution in [3.05, 3.63) is 48.0 Å². The molecule has 0 fully saturated rings. The first-order chi connectivity index (χ1) is 12.2. The Balaban J connectivity index is 1.34. The number of nitrogens with one attached hydrogen (secondary N) is 2. The zero-order valence-corrected chi connectivity index (χ0v) is 14.2. The van der Waals surface area contributed by atoms with Crippen LogP contribution >= 0.6 is 0 Å². The Hall–Kier alpha value is -2.89. The van der Waals surface area contributed by atoms with Gasteiger partial charge in [0.15, 0.2) is 11.5 Å². The molecular formula is C19H22N2O4. The van der Waals surface area contributed by atoms with Crippen LogP contribution in [0, 0.1) is 0 Å². The van der Waals surface area contributed by atoms with Gasteiger partial charge in [-0.2, -0.15) is 0 Å². The van der Waals surface area contributed by atoms with Crippen LogP contribution in [0.5, 0.6) is 17.2 Å². The van der Waals surface area contributed by atoms with Crippen LogP contribution < -0.4 is 24.8 Å². The maximum atomic E-state index is 11.9. The predicted octanol–water partition coefficient (Wildman–Crippen LogP) is 2.58. The number of ether oxygens (including phenoxy) is 3. The normalized spacial score (nSPS) is 11.9.